The largest absolute Gasteiger partial charge is 0.383 e. The van der Waals surface area contributed by atoms with E-state index in [9.17, 15) is 13.2 Å². The van der Waals surface area contributed by atoms with Gasteiger partial charge in [0.25, 0.3) is 15.9 Å². The maximum Gasteiger partial charge on any atom is 0.261 e. The number of hydrogen-bond acceptors (Lipinski definition) is 4. The number of amides is 1. The van der Waals surface area contributed by atoms with Gasteiger partial charge >= 0.3 is 0 Å². The summed E-state index contributed by atoms with van der Waals surface area (Å²) in [6.45, 7) is 2.49. The molecule has 128 valence electrons. The fourth-order valence-electron chi connectivity index (χ4n) is 2.16. The molecular formula is C17H20N2O4S. The molecule has 2 aromatic rings. The number of nitrogens with one attached hydrogen (secondary N) is 2. The first-order valence-corrected chi connectivity index (χ1v) is 8.88. The van der Waals surface area contributed by atoms with Crippen molar-refractivity contribution < 1.29 is 17.9 Å². The lowest BCUT2D eigenvalue weighted by Gasteiger charge is -2.14. The van der Waals surface area contributed by atoms with Crippen LogP contribution >= 0.6 is 0 Å². The smallest absolute Gasteiger partial charge is 0.261 e. The van der Waals surface area contributed by atoms with Crippen molar-refractivity contribution in [2.24, 2.45) is 0 Å². The summed E-state index contributed by atoms with van der Waals surface area (Å²) < 4.78 is 32.3. The van der Waals surface area contributed by atoms with Crippen LogP contribution in [-0.2, 0) is 14.8 Å². The van der Waals surface area contributed by atoms with Gasteiger partial charge in [0.15, 0.2) is 0 Å². The summed E-state index contributed by atoms with van der Waals surface area (Å²) in [6.07, 6.45) is 0. The number of rotatable bonds is 7. The van der Waals surface area contributed by atoms with Crippen LogP contribution in [0.5, 0.6) is 0 Å². The van der Waals surface area contributed by atoms with Crippen molar-refractivity contribution in [2.75, 3.05) is 25.0 Å². The Morgan fingerprint density at radius 2 is 1.79 bits per heavy atom. The molecule has 0 unspecified atom stereocenters. The summed E-state index contributed by atoms with van der Waals surface area (Å²) in [5, 5.41) is 2.72. The van der Waals surface area contributed by atoms with Crippen molar-refractivity contribution in [3.8, 4) is 0 Å². The van der Waals surface area contributed by atoms with Crippen LogP contribution in [-0.4, -0.2) is 34.6 Å². The molecule has 24 heavy (non-hydrogen) atoms. The average molecular weight is 348 g/mol. The number of methoxy groups -OCH3 is 1. The molecule has 2 rings (SSSR count). The van der Waals surface area contributed by atoms with Gasteiger partial charge in [-0.05, 0) is 36.8 Å². The monoisotopic (exact) mass is 348 g/mol. The van der Waals surface area contributed by atoms with Crippen molar-refractivity contribution in [2.45, 2.75) is 11.8 Å². The highest BCUT2D eigenvalue weighted by Crippen LogP contribution is 2.22. The summed E-state index contributed by atoms with van der Waals surface area (Å²) >= 11 is 0. The number of ether oxygens (including phenoxy) is 1. The van der Waals surface area contributed by atoms with E-state index in [1.165, 1.54) is 12.1 Å². The normalized spacial score (nSPS) is 11.1. The summed E-state index contributed by atoms with van der Waals surface area (Å²) in [5.74, 6) is -0.273. The molecule has 2 aromatic carbocycles. The molecule has 1 amide bonds. The van der Waals surface area contributed by atoms with Crippen molar-refractivity contribution in [3.63, 3.8) is 0 Å². The van der Waals surface area contributed by atoms with Gasteiger partial charge in [-0.25, -0.2) is 8.42 Å². The lowest BCUT2D eigenvalue weighted by molar-refractivity contribution is 0.0936. The minimum atomic E-state index is -3.70. The van der Waals surface area contributed by atoms with E-state index in [1.54, 1.807) is 50.4 Å². The van der Waals surface area contributed by atoms with Crippen LogP contribution in [0.15, 0.2) is 53.4 Å². The Morgan fingerprint density at radius 1 is 1.08 bits per heavy atom. The lowest BCUT2D eigenvalue weighted by atomic mass is 10.1. The van der Waals surface area contributed by atoms with E-state index < -0.39 is 10.0 Å². The first kappa shape index (κ1) is 18.0. The van der Waals surface area contributed by atoms with Crippen molar-refractivity contribution in [1.29, 1.82) is 0 Å². The van der Waals surface area contributed by atoms with Crippen molar-refractivity contribution >= 4 is 21.6 Å². The molecule has 0 atom stereocenters. The highest BCUT2D eigenvalue weighted by atomic mass is 32.2. The number of anilines is 1. The topological polar surface area (TPSA) is 84.5 Å². The van der Waals surface area contributed by atoms with Crippen LogP contribution in [0.25, 0.3) is 0 Å². The van der Waals surface area contributed by atoms with E-state index in [0.717, 1.165) is 0 Å². The van der Waals surface area contributed by atoms with Gasteiger partial charge in [-0.1, -0.05) is 24.3 Å². The maximum atomic E-state index is 12.4. The molecule has 0 spiro atoms. The second-order valence-corrected chi connectivity index (χ2v) is 6.83. The summed E-state index contributed by atoms with van der Waals surface area (Å²) in [7, 11) is -2.15. The predicted molar refractivity (Wildman–Crippen MR) is 92.6 cm³/mol. The highest BCUT2D eigenvalue weighted by molar-refractivity contribution is 7.92. The average Bonchev–Trinajstić information content (AvgIpc) is 2.57. The fraction of sp³-hybridized carbons (Fsp3) is 0.235. The Balaban J connectivity index is 2.23. The lowest BCUT2D eigenvalue weighted by Crippen LogP contribution is -2.27. The number of sulfonamides is 1. The second kappa shape index (κ2) is 7.94. The van der Waals surface area contributed by atoms with Gasteiger partial charge in [-0.3, -0.25) is 9.52 Å². The number of carbonyl (C=O) groups excluding carboxylic acids is 1. The molecule has 0 bridgehead atoms. The zero-order chi connectivity index (χ0) is 17.6. The van der Waals surface area contributed by atoms with Crippen LogP contribution in [0.1, 0.15) is 15.9 Å². The van der Waals surface area contributed by atoms with E-state index in [0.29, 0.717) is 30.0 Å². The van der Waals surface area contributed by atoms with Gasteiger partial charge in [0.05, 0.1) is 17.2 Å². The van der Waals surface area contributed by atoms with Gasteiger partial charge in [-0.15, -0.1) is 0 Å². The van der Waals surface area contributed by atoms with Crippen molar-refractivity contribution in [1.82, 2.24) is 5.32 Å². The molecule has 0 aliphatic carbocycles. The molecule has 0 radical (unpaired) electrons. The fourth-order valence-corrected chi connectivity index (χ4v) is 3.30. The summed E-state index contributed by atoms with van der Waals surface area (Å²) in [5.41, 5.74) is 1.35. The standard InChI is InChI=1S/C17H20N2O4S/c1-13-15(17(20)18-11-12-23-2)9-6-10-16(13)19-24(21,22)14-7-4-3-5-8-14/h3-10,19H,11-12H2,1-2H3,(H,18,20). The summed E-state index contributed by atoms with van der Waals surface area (Å²) in [4.78, 5) is 12.4. The summed E-state index contributed by atoms with van der Waals surface area (Å²) in [6, 6.07) is 13.0. The molecule has 0 saturated heterocycles. The number of carbonyl (C=O) groups is 1. The van der Waals surface area contributed by atoms with Gasteiger partial charge in [-0.2, -0.15) is 0 Å². The van der Waals surface area contributed by atoms with Gasteiger partial charge in [0.1, 0.15) is 0 Å². The third kappa shape index (κ3) is 4.33. The van der Waals surface area contributed by atoms with Crippen LogP contribution < -0.4 is 10.0 Å². The Morgan fingerprint density at radius 3 is 2.46 bits per heavy atom. The predicted octanol–water partition coefficient (Wildman–Crippen LogP) is 2.17. The Kier molecular flexibility index (Phi) is 5.94. The Hall–Kier alpha value is -2.38. The molecule has 7 heteroatoms. The molecule has 6 nitrogen and oxygen atoms in total. The van der Waals surface area contributed by atoms with Crippen LogP contribution in [0, 0.1) is 6.92 Å². The third-order valence-electron chi connectivity index (χ3n) is 3.47. The molecule has 0 aliphatic heterocycles. The minimum absolute atomic E-state index is 0.166. The molecular weight excluding hydrogens is 328 g/mol. The molecule has 0 saturated carbocycles. The SMILES string of the molecule is COCCNC(=O)c1cccc(NS(=O)(=O)c2ccccc2)c1C. The van der Waals surface area contributed by atoms with Crippen LogP contribution in [0.3, 0.4) is 0 Å². The molecule has 0 heterocycles. The molecule has 0 aromatic heterocycles. The molecule has 2 N–H and O–H groups in total. The third-order valence-corrected chi connectivity index (χ3v) is 4.85. The highest BCUT2D eigenvalue weighted by Gasteiger charge is 2.17. The second-order valence-electron chi connectivity index (χ2n) is 5.15. The van der Waals surface area contributed by atoms with Crippen LogP contribution in [0.4, 0.5) is 5.69 Å². The Bertz CT molecular complexity index is 805. The van der Waals surface area contributed by atoms with E-state index in [1.807, 2.05) is 0 Å². The van der Waals surface area contributed by atoms with E-state index in [4.69, 9.17) is 4.74 Å². The molecule has 0 aliphatic rings. The maximum absolute atomic E-state index is 12.4. The van der Waals surface area contributed by atoms with E-state index >= 15 is 0 Å². The molecule has 0 fully saturated rings. The van der Waals surface area contributed by atoms with E-state index in [2.05, 4.69) is 10.0 Å². The first-order chi connectivity index (χ1) is 11.5. The van der Waals surface area contributed by atoms with Gasteiger partial charge < -0.3 is 10.1 Å². The first-order valence-electron chi connectivity index (χ1n) is 7.40. The zero-order valence-corrected chi connectivity index (χ0v) is 14.4. The number of hydrogen-bond donors (Lipinski definition) is 2. The van der Waals surface area contributed by atoms with Gasteiger partial charge in [0.2, 0.25) is 0 Å². The van der Waals surface area contributed by atoms with Crippen molar-refractivity contribution in [3.05, 3.63) is 59.7 Å². The quantitative estimate of drug-likeness (QED) is 0.751. The minimum Gasteiger partial charge on any atom is -0.383 e. The Labute approximate surface area is 141 Å². The zero-order valence-electron chi connectivity index (χ0n) is 13.6. The van der Waals surface area contributed by atoms with E-state index in [-0.39, 0.29) is 10.8 Å². The van der Waals surface area contributed by atoms with Crippen LogP contribution in [0.2, 0.25) is 0 Å². The van der Waals surface area contributed by atoms with Gasteiger partial charge in [0, 0.05) is 19.2 Å². The number of benzene rings is 2.